The number of methoxy groups -OCH3 is 1. The molecule has 0 aliphatic heterocycles. The number of rotatable bonds is 7. The third-order valence-electron chi connectivity index (χ3n) is 2.55. The molecule has 0 heterocycles. The maximum Gasteiger partial charge on any atom is 0.402 e. The molecule has 0 rings (SSSR count). The Hall–Kier alpha value is 0.190. The van der Waals surface area contributed by atoms with E-state index in [9.17, 15) is 13.2 Å². The van der Waals surface area contributed by atoms with Gasteiger partial charge in [-0.25, -0.2) is 0 Å². The van der Waals surface area contributed by atoms with Gasteiger partial charge in [-0.2, -0.15) is 13.2 Å². The molecule has 16 heavy (non-hydrogen) atoms. The highest BCUT2D eigenvalue weighted by atomic mass is 79.9. The Morgan fingerprint density at radius 3 is 2.31 bits per heavy atom. The molecule has 0 aromatic rings. The van der Waals surface area contributed by atoms with Crippen LogP contribution < -0.4 is 0 Å². The van der Waals surface area contributed by atoms with E-state index in [1.807, 2.05) is 13.8 Å². The largest absolute Gasteiger partial charge is 0.402 e. The highest BCUT2D eigenvalue weighted by Gasteiger charge is 2.39. The summed E-state index contributed by atoms with van der Waals surface area (Å²) in [4.78, 5) is 0.307. The quantitative estimate of drug-likeness (QED) is 0.670. The molecule has 6 heteroatoms. The molecule has 0 saturated carbocycles. The van der Waals surface area contributed by atoms with Gasteiger partial charge in [0.2, 0.25) is 0 Å². The molecule has 0 aliphatic carbocycles. The smallest absolute Gasteiger partial charge is 0.383 e. The zero-order valence-corrected chi connectivity index (χ0v) is 11.4. The van der Waals surface area contributed by atoms with E-state index in [-0.39, 0.29) is 12.6 Å². The molecule has 2 atom stereocenters. The summed E-state index contributed by atoms with van der Waals surface area (Å²) in [5, 5.41) is 0. The van der Waals surface area contributed by atoms with E-state index in [0.717, 1.165) is 6.42 Å². The summed E-state index contributed by atoms with van der Waals surface area (Å²) in [5.74, 6) is 0. The topological polar surface area (TPSA) is 12.5 Å². The van der Waals surface area contributed by atoms with Crippen molar-refractivity contribution in [1.29, 1.82) is 0 Å². The zero-order chi connectivity index (χ0) is 12.8. The van der Waals surface area contributed by atoms with Crippen LogP contribution in [0.2, 0.25) is 0 Å². The van der Waals surface area contributed by atoms with Gasteiger partial charge in [-0.3, -0.25) is 4.90 Å². The first-order chi connectivity index (χ1) is 7.32. The monoisotopic (exact) mass is 305 g/mol. The van der Waals surface area contributed by atoms with E-state index in [4.69, 9.17) is 4.74 Å². The van der Waals surface area contributed by atoms with E-state index >= 15 is 0 Å². The standard InChI is InChI=1S/C10H19BrF3NO/c1-4-8(2)15(5-6-16-3)7-9(11)10(12,13)14/h8-9H,4-7H2,1-3H3. The zero-order valence-electron chi connectivity index (χ0n) is 9.85. The number of halogens is 4. The van der Waals surface area contributed by atoms with Gasteiger partial charge in [-0.1, -0.05) is 22.9 Å². The fraction of sp³-hybridized carbons (Fsp3) is 1.00. The number of hydrogen-bond acceptors (Lipinski definition) is 2. The van der Waals surface area contributed by atoms with Gasteiger partial charge in [0.05, 0.1) is 6.61 Å². The lowest BCUT2D eigenvalue weighted by molar-refractivity contribution is -0.131. The lowest BCUT2D eigenvalue weighted by Crippen LogP contribution is -2.43. The molecule has 0 aromatic carbocycles. The van der Waals surface area contributed by atoms with Crippen molar-refractivity contribution in [3.8, 4) is 0 Å². The third kappa shape index (κ3) is 6.06. The molecule has 2 nitrogen and oxygen atoms in total. The van der Waals surface area contributed by atoms with Crippen molar-refractivity contribution in [2.24, 2.45) is 0 Å². The number of hydrogen-bond donors (Lipinski definition) is 0. The van der Waals surface area contributed by atoms with E-state index < -0.39 is 11.0 Å². The van der Waals surface area contributed by atoms with Crippen LogP contribution in [0.25, 0.3) is 0 Å². The molecule has 0 fully saturated rings. The minimum absolute atomic E-state index is 0.0398. The van der Waals surface area contributed by atoms with Crippen LogP contribution in [0, 0.1) is 0 Å². The lowest BCUT2D eigenvalue weighted by Gasteiger charge is -2.30. The van der Waals surface area contributed by atoms with Gasteiger partial charge in [0.1, 0.15) is 4.83 Å². The van der Waals surface area contributed by atoms with Crippen molar-refractivity contribution < 1.29 is 17.9 Å². The molecule has 0 radical (unpaired) electrons. The van der Waals surface area contributed by atoms with Crippen molar-refractivity contribution in [3.05, 3.63) is 0 Å². The Bertz CT molecular complexity index is 189. The van der Waals surface area contributed by atoms with Gasteiger partial charge >= 0.3 is 6.18 Å². The van der Waals surface area contributed by atoms with Crippen molar-refractivity contribution >= 4 is 15.9 Å². The molecule has 2 unspecified atom stereocenters. The average molecular weight is 306 g/mol. The second-order valence-electron chi connectivity index (χ2n) is 3.75. The minimum atomic E-state index is -4.20. The SMILES string of the molecule is CCC(C)N(CCOC)CC(Br)C(F)(F)F. The van der Waals surface area contributed by atoms with Crippen molar-refractivity contribution in [2.45, 2.75) is 37.3 Å². The Morgan fingerprint density at radius 1 is 1.38 bits per heavy atom. The lowest BCUT2D eigenvalue weighted by atomic mass is 10.2. The Balaban J connectivity index is 4.30. The van der Waals surface area contributed by atoms with Crippen LogP contribution in [-0.2, 0) is 4.74 Å². The molecule has 0 bridgehead atoms. The normalized spacial score (nSPS) is 16.5. The van der Waals surface area contributed by atoms with E-state index in [1.165, 1.54) is 0 Å². The Labute approximate surface area is 103 Å². The molecular formula is C10H19BrF3NO. The molecule has 0 aliphatic rings. The number of nitrogens with zero attached hydrogens (tertiary/aromatic N) is 1. The highest BCUT2D eigenvalue weighted by Crippen LogP contribution is 2.27. The maximum absolute atomic E-state index is 12.4. The summed E-state index contributed by atoms with van der Waals surface area (Å²) in [6, 6.07) is 0.123. The molecule has 0 saturated heterocycles. The van der Waals surface area contributed by atoms with Crippen LogP contribution >= 0.6 is 15.9 Å². The van der Waals surface area contributed by atoms with Gasteiger partial charge in [0, 0.05) is 26.2 Å². The number of alkyl halides is 4. The summed E-state index contributed by atoms with van der Waals surface area (Å²) in [6.07, 6.45) is -3.37. The molecule has 0 amide bonds. The molecule has 98 valence electrons. The predicted octanol–water partition coefficient (Wildman–Crippen LogP) is 3.06. The first-order valence-corrected chi connectivity index (χ1v) is 6.18. The van der Waals surface area contributed by atoms with Crippen LogP contribution in [0.1, 0.15) is 20.3 Å². The third-order valence-corrected chi connectivity index (χ3v) is 3.36. The van der Waals surface area contributed by atoms with E-state index in [1.54, 1.807) is 12.0 Å². The Kier molecular flexibility index (Phi) is 7.59. The summed E-state index contributed by atoms with van der Waals surface area (Å²) < 4.78 is 42.1. The van der Waals surface area contributed by atoms with Gasteiger partial charge in [-0.05, 0) is 13.3 Å². The summed E-state index contributed by atoms with van der Waals surface area (Å²) in [7, 11) is 1.55. The fourth-order valence-electron chi connectivity index (χ4n) is 1.27. The fourth-order valence-corrected chi connectivity index (χ4v) is 1.64. The van der Waals surface area contributed by atoms with Crippen molar-refractivity contribution in [1.82, 2.24) is 4.90 Å². The van der Waals surface area contributed by atoms with Gasteiger partial charge in [0.25, 0.3) is 0 Å². The van der Waals surface area contributed by atoms with Crippen LogP contribution in [-0.4, -0.2) is 48.8 Å². The van der Waals surface area contributed by atoms with Crippen LogP contribution in [0.15, 0.2) is 0 Å². The van der Waals surface area contributed by atoms with E-state index in [2.05, 4.69) is 15.9 Å². The van der Waals surface area contributed by atoms with Gasteiger partial charge in [0.15, 0.2) is 0 Å². The first-order valence-electron chi connectivity index (χ1n) is 5.26. The molecule has 0 spiro atoms. The Morgan fingerprint density at radius 2 is 1.94 bits per heavy atom. The summed E-state index contributed by atoms with van der Waals surface area (Å²) >= 11 is 2.68. The second-order valence-corrected chi connectivity index (χ2v) is 4.86. The predicted molar refractivity (Wildman–Crippen MR) is 62.0 cm³/mol. The van der Waals surface area contributed by atoms with Crippen LogP contribution in [0.3, 0.4) is 0 Å². The maximum atomic E-state index is 12.4. The number of ether oxygens (including phenoxy) is 1. The second kappa shape index (κ2) is 7.50. The van der Waals surface area contributed by atoms with Gasteiger partial charge < -0.3 is 4.74 Å². The highest BCUT2D eigenvalue weighted by molar-refractivity contribution is 9.09. The minimum Gasteiger partial charge on any atom is -0.383 e. The van der Waals surface area contributed by atoms with Gasteiger partial charge in [-0.15, -0.1) is 0 Å². The van der Waals surface area contributed by atoms with Crippen LogP contribution in [0.5, 0.6) is 0 Å². The summed E-state index contributed by atoms with van der Waals surface area (Å²) in [5.41, 5.74) is 0. The van der Waals surface area contributed by atoms with Crippen molar-refractivity contribution in [2.75, 3.05) is 26.8 Å². The average Bonchev–Trinajstić information content (AvgIpc) is 2.21. The molecular weight excluding hydrogens is 287 g/mol. The molecule has 0 N–H and O–H groups in total. The first kappa shape index (κ1) is 16.2. The van der Waals surface area contributed by atoms with E-state index in [0.29, 0.717) is 13.2 Å². The van der Waals surface area contributed by atoms with Crippen molar-refractivity contribution in [3.63, 3.8) is 0 Å². The summed E-state index contributed by atoms with van der Waals surface area (Å²) in [6.45, 7) is 4.81. The molecule has 0 aromatic heterocycles. The van der Waals surface area contributed by atoms with Crippen LogP contribution in [0.4, 0.5) is 13.2 Å².